The lowest BCUT2D eigenvalue weighted by molar-refractivity contribution is 0.283. The Balaban J connectivity index is 2.37. The van der Waals surface area contributed by atoms with Crippen LogP contribution < -0.4 is 0 Å². The molecule has 0 radical (unpaired) electrons. The average molecular weight is 350 g/mol. The van der Waals surface area contributed by atoms with Crippen LogP contribution in [0.4, 0.5) is 0 Å². The quantitative estimate of drug-likeness (QED) is 0.609. The summed E-state index contributed by atoms with van der Waals surface area (Å²) >= 11 is 1.63. The highest BCUT2D eigenvalue weighted by atomic mass is 32.7. The zero-order valence-corrected chi connectivity index (χ0v) is 15.4. The molecule has 0 bridgehead atoms. The number of phenols is 1. The van der Waals surface area contributed by atoms with Crippen LogP contribution in [0.1, 0.15) is 35.8 Å². The maximum Gasteiger partial charge on any atom is 0.238 e. The van der Waals surface area contributed by atoms with Crippen molar-refractivity contribution >= 4 is 19.0 Å². The highest BCUT2D eigenvalue weighted by Gasteiger charge is 2.24. The third-order valence-corrected chi connectivity index (χ3v) is 6.86. The summed E-state index contributed by atoms with van der Waals surface area (Å²) in [7, 11) is -1.06. The van der Waals surface area contributed by atoms with Crippen LogP contribution >= 0.6 is 19.0 Å². The summed E-state index contributed by atoms with van der Waals surface area (Å²) < 4.78 is 11.5. The molecule has 1 N–H and O–H groups in total. The zero-order chi connectivity index (χ0) is 16.7. The molecule has 0 aliphatic rings. The lowest BCUT2D eigenvalue weighted by Gasteiger charge is -2.23. The van der Waals surface area contributed by atoms with E-state index in [1.807, 2.05) is 51.1 Å². The Hall–Kier alpha value is -1.06. The van der Waals surface area contributed by atoms with Crippen molar-refractivity contribution in [1.29, 1.82) is 0 Å². The van der Waals surface area contributed by atoms with E-state index in [-0.39, 0.29) is 5.25 Å². The van der Waals surface area contributed by atoms with Crippen LogP contribution in [0.5, 0.6) is 5.75 Å². The Bertz CT molecular complexity index is 600. The van der Waals surface area contributed by atoms with E-state index in [9.17, 15) is 5.11 Å². The summed E-state index contributed by atoms with van der Waals surface area (Å²) in [6, 6.07) is 15.9. The summed E-state index contributed by atoms with van der Waals surface area (Å²) in [6.07, 6.45) is 0. The molecular weight excluding hydrogens is 327 g/mol. The van der Waals surface area contributed by atoms with Crippen LogP contribution in [-0.4, -0.2) is 18.3 Å². The molecule has 0 amide bonds. The lowest BCUT2D eigenvalue weighted by Crippen LogP contribution is -1.99. The molecule has 3 nitrogen and oxygen atoms in total. The van der Waals surface area contributed by atoms with Gasteiger partial charge in [0.2, 0.25) is 7.58 Å². The van der Waals surface area contributed by atoms with E-state index in [2.05, 4.69) is 12.1 Å². The summed E-state index contributed by atoms with van der Waals surface area (Å²) in [6.45, 7) is 7.19. The second-order valence-electron chi connectivity index (χ2n) is 5.02. The molecule has 124 valence electrons. The SMILES string of the molecule is CCOP(OCC)SC(c1ccccc1)c1cc(C)ccc1O. The largest absolute Gasteiger partial charge is 0.508 e. The third kappa shape index (κ3) is 5.22. The number of aromatic hydroxyl groups is 1. The van der Waals surface area contributed by atoms with Gasteiger partial charge in [-0.3, -0.25) is 0 Å². The van der Waals surface area contributed by atoms with Crippen LogP contribution in [0.15, 0.2) is 48.5 Å². The number of phenolic OH excluding ortho intramolecular Hbond substituents is 1. The van der Waals surface area contributed by atoms with Gasteiger partial charge in [-0.1, -0.05) is 59.4 Å². The van der Waals surface area contributed by atoms with Crippen LogP contribution in [0.3, 0.4) is 0 Å². The topological polar surface area (TPSA) is 38.7 Å². The van der Waals surface area contributed by atoms with Crippen molar-refractivity contribution in [3.8, 4) is 5.75 Å². The summed E-state index contributed by atoms with van der Waals surface area (Å²) in [4.78, 5) is 0. The van der Waals surface area contributed by atoms with E-state index in [0.29, 0.717) is 19.0 Å². The predicted molar refractivity (Wildman–Crippen MR) is 98.9 cm³/mol. The van der Waals surface area contributed by atoms with Gasteiger partial charge in [-0.15, -0.1) is 0 Å². The van der Waals surface area contributed by atoms with Gasteiger partial charge in [0.15, 0.2) is 0 Å². The molecule has 0 heterocycles. The molecule has 2 aromatic rings. The summed E-state index contributed by atoms with van der Waals surface area (Å²) in [5.41, 5.74) is 3.15. The normalized spacial score (nSPS) is 12.5. The third-order valence-electron chi connectivity index (χ3n) is 3.23. The molecule has 0 aliphatic carbocycles. The van der Waals surface area contributed by atoms with E-state index in [1.165, 1.54) is 0 Å². The fourth-order valence-electron chi connectivity index (χ4n) is 2.20. The molecule has 2 aromatic carbocycles. The van der Waals surface area contributed by atoms with Gasteiger partial charge in [0.25, 0.3) is 0 Å². The van der Waals surface area contributed by atoms with Crippen LogP contribution in [-0.2, 0) is 9.05 Å². The first-order valence-corrected chi connectivity index (χ1v) is 10.4. The van der Waals surface area contributed by atoms with E-state index < -0.39 is 7.58 Å². The minimum Gasteiger partial charge on any atom is -0.508 e. The standard InChI is InChI=1S/C18H23O3PS/c1-4-20-22(21-5-2)23-18(15-9-7-6-8-10-15)16-13-14(3)11-12-17(16)19/h6-13,18-19H,4-5H2,1-3H3. The number of hydrogen-bond acceptors (Lipinski definition) is 4. The van der Waals surface area contributed by atoms with E-state index >= 15 is 0 Å². The second kappa shape index (κ2) is 9.29. The van der Waals surface area contributed by atoms with Crippen molar-refractivity contribution in [1.82, 2.24) is 0 Å². The predicted octanol–water partition coefficient (Wildman–Crippen LogP) is 5.82. The molecule has 2 rings (SSSR count). The highest BCUT2D eigenvalue weighted by molar-refractivity contribution is 8.53. The first kappa shape index (κ1) is 18.3. The molecule has 0 spiro atoms. The van der Waals surface area contributed by atoms with Gasteiger partial charge in [-0.25, -0.2) is 0 Å². The van der Waals surface area contributed by atoms with Crippen molar-refractivity contribution < 1.29 is 14.2 Å². The Morgan fingerprint density at radius 3 is 2.30 bits per heavy atom. The van der Waals surface area contributed by atoms with Crippen LogP contribution in [0.25, 0.3) is 0 Å². The average Bonchev–Trinajstić information content (AvgIpc) is 2.56. The maximum absolute atomic E-state index is 10.4. The molecule has 1 atom stereocenters. The van der Waals surface area contributed by atoms with Gasteiger partial charge in [0, 0.05) is 5.56 Å². The molecule has 23 heavy (non-hydrogen) atoms. The molecule has 0 aliphatic heterocycles. The zero-order valence-electron chi connectivity index (χ0n) is 13.7. The lowest BCUT2D eigenvalue weighted by atomic mass is 10.0. The van der Waals surface area contributed by atoms with Crippen molar-refractivity contribution in [3.63, 3.8) is 0 Å². The Kier molecular flexibility index (Phi) is 7.38. The van der Waals surface area contributed by atoms with Crippen molar-refractivity contribution in [2.45, 2.75) is 26.0 Å². The van der Waals surface area contributed by atoms with Gasteiger partial charge >= 0.3 is 0 Å². The fraction of sp³-hybridized carbons (Fsp3) is 0.333. The van der Waals surface area contributed by atoms with Gasteiger partial charge in [0.05, 0.1) is 18.5 Å². The monoisotopic (exact) mass is 350 g/mol. The van der Waals surface area contributed by atoms with E-state index in [1.54, 1.807) is 17.4 Å². The Labute approximate surface area is 143 Å². The van der Waals surface area contributed by atoms with Crippen LogP contribution in [0.2, 0.25) is 0 Å². The van der Waals surface area contributed by atoms with Crippen molar-refractivity contribution in [2.75, 3.05) is 13.2 Å². The fourth-order valence-corrected chi connectivity index (χ4v) is 5.80. The van der Waals surface area contributed by atoms with Crippen LogP contribution in [0, 0.1) is 6.92 Å². The van der Waals surface area contributed by atoms with Gasteiger partial charge < -0.3 is 14.2 Å². The van der Waals surface area contributed by atoms with Crippen molar-refractivity contribution in [2.24, 2.45) is 0 Å². The first-order valence-electron chi connectivity index (χ1n) is 7.72. The summed E-state index contributed by atoms with van der Waals surface area (Å²) in [5, 5.41) is 10.3. The first-order chi connectivity index (χ1) is 11.2. The molecule has 0 aromatic heterocycles. The number of benzene rings is 2. The molecule has 1 unspecified atom stereocenters. The minimum absolute atomic E-state index is 0.0275. The van der Waals surface area contributed by atoms with Crippen molar-refractivity contribution in [3.05, 3.63) is 65.2 Å². The second-order valence-corrected chi connectivity index (χ2v) is 8.19. The Morgan fingerprint density at radius 2 is 1.70 bits per heavy atom. The van der Waals surface area contributed by atoms with Gasteiger partial charge in [0.1, 0.15) is 5.75 Å². The Morgan fingerprint density at radius 1 is 1.04 bits per heavy atom. The molecule has 5 heteroatoms. The van der Waals surface area contributed by atoms with E-state index in [0.717, 1.165) is 16.7 Å². The van der Waals surface area contributed by atoms with Gasteiger partial charge in [-0.2, -0.15) is 0 Å². The number of aryl methyl sites for hydroxylation is 1. The van der Waals surface area contributed by atoms with E-state index in [4.69, 9.17) is 9.05 Å². The molecule has 0 fully saturated rings. The number of rotatable bonds is 8. The molecular formula is C18H23O3PS. The number of hydrogen-bond donors (Lipinski definition) is 1. The summed E-state index contributed by atoms with van der Waals surface area (Å²) in [5.74, 6) is 0.305. The smallest absolute Gasteiger partial charge is 0.238 e. The molecule has 0 saturated carbocycles. The molecule has 0 saturated heterocycles. The maximum atomic E-state index is 10.4. The minimum atomic E-state index is -1.06. The highest BCUT2D eigenvalue weighted by Crippen LogP contribution is 2.60. The van der Waals surface area contributed by atoms with Gasteiger partial charge in [-0.05, 0) is 32.4 Å².